The van der Waals surface area contributed by atoms with Crippen molar-refractivity contribution in [2.75, 3.05) is 0 Å². The van der Waals surface area contributed by atoms with E-state index in [4.69, 9.17) is 14.0 Å². The number of phosphoric acid groups is 1. The van der Waals surface area contributed by atoms with E-state index in [1.807, 2.05) is 45.9 Å². The predicted molar refractivity (Wildman–Crippen MR) is 148 cm³/mol. The van der Waals surface area contributed by atoms with Crippen LogP contribution in [0.15, 0.2) is 30.3 Å². The fourth-order valence-electron chi connectivity index (χ4n) is 6.14. The molecule has 0 atom stereocenters. The van der Waals surface area contributed by atoms with Gasteiger partial charge in [0.25, 0.3) is 0 Å². The number of ether oxygens (including phenoxy) is 2. The second kappa shape index (κ2) is 12.2. The summed E-state index contributed by atoms with van der Waals surface area (Å²) in [7, 11) is -4.81. The molecule has 2 saturated carbocycles. The lowest BCUT2D eigenvalue weighted by Crippen LogP contribution is -2.16. The largest absolute Gasteiger partial charge is 0.524 e. The van der Waals surface area contributed by atoms with Crippen LogP contribution < -0.4 is 14.0 Å². The minimum Gasteiger partial charge on any atom is -0.490 e. The lowest BCUT2D eigenvalue weighted by molar-refractivity contribution is 0.230. The molecule has 0 heterocycles. The smallest absolute Gasteiger partial charge is 0.490 e. The Morgan fingerprint density at radius 1 is 0.703 bits per heavy atom. The lowest BCUT2D eigenvalue weighted by Gasteiger charge is -2.33. The van der Waals surface area contributed by atoms with Gasteiger partial charge in [-0.15, -0.1) is 0 Å². The minimum atomic E-state index is -4.81. The normalized spacial score (nSPS) is 17.8. The first kappa shape index (κ1) is 28.0. The van der Waals surface area contributed by atoms with Crippen molar-refractivity contribution in [1.82, 2.24) is 0 Å². The third-order valence-corrected chi connectivity index (χ3v) is 7.91. The van der Waals surface area contributed by atoms with Gasteiger partial charge in [-0.2, -0.15) is 0 Å². The minimum absolute atomic E-state index is 0.0844. The molecule has 0 amide bonds. The Labute approximate surface area is 222 Å². The van der Waals surface area contributed by atoms with Crippen molar-refractivity contribution in [3.63, 3.8) is 0 Å². The number of hydrogen-bond donors (Lipinski definition) is 2. The number of phosphoric ester groups is 1. The quantitative estimate of drug-likeness (QED) is 0.316. The van der Waals surface area contributed by atoms with Crippen LogP contribution in [0.4, 0.5) is 0 Å². The van der Waals surface area contributed by atoms with E-state index in [1.165, 1.54) is 36.8 Å². The second-order valence-electron chi connectivity index (χ2n) is 11.2. The highest BCUT2D eigenvalue weighted by atomic mass is 31.2. The van der Waals surface area contributed by atoms with E-state index in [-0.39, 0.29) is 18.0 Å². The van der Waals surface area contributed by atoms with Gasteiger partial charge in [0.2, 0.25) is 0 Å². The Morgan fingerprint density at radius 2 is 1.22 bits per heavy atom. The molecule has 2 aromatic carbocycles. The molecule has 0 aromatic heterocycles. The van der Waals surface area contributed by atoms with Gasteiger partial charge in [0.15, 0.2) is 0 Å². The topological polar surface area (TPSA) is 85.2 Å². The molecule has 37 heavy (non-hydrogen) atoms. The van der Waals surface area contributed by atoms with Crippen LogP contribution in [0.2, 0.25) is 0 Å². The van der Waals surface area contributed by atoms with E-state index < -0.39 is 7.82 Å². The van der Waals surface area contributed by atoms with Crippen LogP contribution in [-0.2, 0) is 4.57 Å². The summed E-state index contributed by atoms with van der Waals surface area (Å²) in [4.78, 5) is 19.8. The second-order valence-corrected chi connectivity index (χ2v) is 12.3. The molecular weight excluding hydrogens is 487 g/mol. The van der Waals surface area contributed by atoms with Crippen LogP contribution >= 0.6 is 7.82 Å². The first-order chi connectivity index (χ1) is 17.6. The molecule has 0 spiro atoms. The molecule has 2 N–H and O–H groups in total. The van der Waals surface area contributed by atoms with Crippen molar-refractivity contribution in [3.8, 4) is 28.4 Å². The summed E-state index contributed by atoms with van der Waals surface area (Å²) in [6, 6.07) is 9.58. The molecule has 2 aromatic rings. The van der Waals surface area contributed by atoms with Crippen molar-refractivity contribution in [1.29, 1.82) is 0 Å². The van der Waals surface area contributed by atoms with E-state index in [0.29, 0.717) is 23.3 Å². The van der Waals surface area contributed by atoms with Crippen LogP contribution in [0.1, 0.15) is 115 Å². The zero-order valence-electron chi connectivity index (χ0n) is 22.7. The Morgan fingerprint density at radius 3 is 1.70 bits per heavy atom. The number of benzene rings is 2. The van der Waals surface area contributed by atoms with Crippen LogP contribution in [0.25, 0.3) is 11.1 Å². The lowest BCUT2D eigenvalue weighted by atomic mass is 9.73. The SMILES string of the molecule is CC(C)Oc1cccc(OC(C)C)c1-c1c(OP(=O)(O)O)ccc(C2CCCCC2)c1C1CCCCC1. The van der Waals surface area contributed by atoms with Gasteiger partial charge in [0, 0.05) is 5.56 Å². The highest BCUT2D eigenvalue weighted by molar-refractivity contribution is 7.46. The van der Waals surface area contributed by atoms with Gasteiger partial charge in [-0.1, -0.05) is 50.7 Å². The standard InChI is InChI=1S/C30H43O6P/c1-20(2)34-25-16-11-17-26(35-21(3)4)29(25)30-27(36-37(31,32)33)19-18-24(22-12-7-5-8-13-22)28(30)23-14-9-6-10-15-23/h11,16-23H,5-10,12-15H2,1-4H3,(H2,31,32,33). The maximum atomic E-state index is 12.2. The third-order valence-electron chi connectivity index (χ3n) is 7.48. The molecule has 204 valence electrons. The predicted octanol–water partition coefficient (Wildman–Crippen LogP) is 8.49. The molecule has 0 unspecified atom stereocenters. The van der Waals surface area contributed by atoms with Crippen molar-refractivity contribution in [3.05, 3.63) is 41.5 Å². The average molecular weight is 531 g/mol. The summed E-state index contributed by atoms with van der Waals surface area (Å²) in [6.07, 6.45) is 11.4. The van der Waals surface area contributed by atoms with Gasteiger partial charge in [-0.3, -0.25) is 9.79 Å². The van der Waals surface area contributed by atoms with Crippen molar-refractivity contribution < 1.29 is 28.3 Å². The third kappa shape index (κ3) is 7.10. The Balaban J connectivity index is 2.05. The van der Waals surface area contributed by atoms with Crippen LogP contribution in [-0.4, -0.2) is 22.0 Å². The Bertz CT molecular complexity index is 1070. The molecule has 2 aliphatic carbocycles. The fourth-order valence-corrected chi connectivity index (χ4v) is 6.55. The van der Waals surface area contributed by atoms with Crippen molar-refractivity contribution in [2.45, 2.75) is 116 Å². The summed E-state index contributed by atoms with van der Waals surface area (Å²) in [5.74, 6) is 2.20. The molecule has 2 aliphatic rings. The first-order valence-electron chi connectivity index (χ1n) is 14.0. The van der Waals surface area contributed by atoms with Gasteiger partial charge in [0.05, 0.1) is 17.8 Å². The first-order valence-corrected chi connectivity index (χ1v) is 15.6. The Kier molecular flexibility index (Phi) is 9.26. The van der Waals surface area contributed by atoms with E-state index in [2.05, 4.69) is 6.07 Å². The van der Waals surface area contributed by atoms with Crippen LogP contribution in [0.3, 0.4) is 0 Å². The Hall–Kier alpha value is -2.01. The molecule has 2 fully saturated rings. The van der Waals surface area contributed by atoms with Crippen molar-refractivity contribution >= 4 is 7.82 Å². The maximum Gasteiger partial charge on any atom is 0.524 e. The van der Waals surface area contributed by atoms with E-state index in [0.717, 1.165) is 49.7 Å². The average Bonchev–Trinajstić information content (AvgIpc) is 2.84. The molecule has 4 rings (SSSR count). The summed E-state index contributed by atoms with van der Waals surface area (Å²) in [6.45, 7) is 7.92. The summed E-state index contributed by atoms with van der Waals surface area (Å²) in [5, 5.41) is 0. The van der Waals surface area contributed by atoms with Gasteiger partial charge < -0.3 is 14.0 Å². The number of rotatable bonds is 9. The number of hydrogen-bond acceptors (Lipinski definition) is 4. The van der Waals surface area contributed by atoms with Gasteiger partial charge in [-0.05, 0) is 94.5 Å². The van der Waals surface area contributed by atoms with E-state index in [1.54, 1.807) is 6.07 Å². The van der Waals surface area contributed by atoms with Gasteiger partial charge in [-0.25, -0.2) is 4.57 Å². The molecule has 0 aliphatic heterocycles. The molecule has 6 nitrogen and oxygen atoms in total. The molecule has 0 bridgehead atoms. The maximum absolute atomic E-state index is 12.2. The highest BCUT2D eigenvalue weighted by Gasteiger charge is 2.33. The van der Waals surface area contributed by atoms with Crippen molar-refractivity contribution in [2.24, 2.45) is 0 Å². The zero-order chi connectivity index (χ0) is 26.6. The molecular formula is C30H43O6P. The van der Waals surface area contributed by atoms with Gasteiger partial charge in [0.1, 0.15) is 17.2 Å². The van der Waals surface area contributed by atoms with E-state index in [9.17, 15) is 14.4 Å². The fraction of sp³-hybridized carbons (Fsp3) is 0.600. The van der Waals surface area contributed by atoms with Crippen LogP contribution in [0.5, 0.6) is 17.2 Å². The van der Waals surface area contributed by atoms with E-state index >= 15 is 0 Å². The zero-order valence-corrected chi connectivity index (χ0v) is 23.6. The summed E-state index contributed by atoms with van der Waals surface area (Å²) >= 11 is 0. The molecule has 0 saturated heterocycles. The molecule has 7 heteroatoms. The monoisotopic (exact) mass is 530 g/mol. The molecule has 0 radical (unpaired) electrons. The van der Waals surface area contributed by atoms with Crippen LogP contribution in [0, 0.1) is 0 Å². The summed E-state index contributed by atoms with van der Waals surface area (Å²) < 4.78 is 30.2. The van der Waals surface area contributed by atoms with Gasteiger partial charge >= 0.3 is 7.82 Å². The highest BCUT2D eigenvalue weighted by Crippen LogP contribution is 2.54. The summed E-state index contributed by atoms with van der Waals surface area (Å²) in [5.41, 5.74) is 3.93.